The molecule has 0 amide bonds. The fourth-order valence-electron chi connectivity index (χ4n) is 1.90. The van der Waals surface area contributed by atoms with Crippen molar-refractivity contribution in [1.29, 1.82) is 0 Å². The van der Waals surface area contributed by atoms with Crippen LogP contribution < -0.4 is 5.32 Å². The maximum Gasteiger partial charge on any atom is 0.00639 e. The SMILES string of the molecule is CCCNCC(C)CN(C)C(C)CCC. The molecule has 2 heteroatoms. The minimum Gasteiger partial charge on any atom is -0.316 e. The van der Waals surface area contributed by atoms with Crippen LogP contribution in [0.5, 0.6) is 0 Å². The summed E-state index contributed by atoms with van der Waals surface area (Å²) < 4.78 is 0. The van der Waals surface area contributed by atoms with E-state index in [2.05, 4.69) is 45.0 Å². The van der Waals surface area contributed by atoms with Gasteiger partial charge in [0.25, 0.3) is 0 Å². The molecule has 0 aromatic heterocycles. The normalized spacial score (nSPS) is 15.6. The molecule has 0 saturated carbocycles. The monoisotopic (exact) mass is 214 g/mol. The summed E-state index contributed by atoms with van der Waals surface area (Å²) >= 11 is 0. The maximum absolute atomic E-state index is 3.48. The van der Waals surface area contributed by atoms with Gasteiger partial charge in [-0.1, -0.05) is 27.2 Å². The quantitative estimate of drug-likeness (QED) is 0.594. The molecule has 2 nitrogen and oxygen atoms in total. The van der Waals surface area contributed by atoms with Crippen LogP contribution in [-0.4, -0.2) is 37.6 Å². The van der Waals surface area contributed by atoms with E-state index in [-0.39, 0.29) is 0 Å². The van der Waals surface area contributed by atoms with Gasteiger partial charge in [-0.25, -0.2) is 0 Å². The van der Waals surface area contributed by atoms with E-state index in [1.807, 2.05) is 0 Å². The Morgan fingerprint density at radius 2 is 1.80 bits per heavy atom. The second-order valence-corrected chi connectivity index (χ2v) is 4.89. The molecule has 0 spiro atoms. The third-order valence-electron chi connectivity index (χ3n) is 2.98. The van der Waals surface area contributed by atoms with Crippen LogP contribution in [0, 0.1) is 5.92 Å². The van der Waals surface area contributed by atoms with Crippen molar-refractivity contribution in [1.82, 2.24) is 10.2 Å². The van der Waals surface area contributed by atoms with Gasteiger partial charge < -0.3 is 10.2 Å². The van der Waals surface area contributed by atoms with Crippen LogP contribution in [0.3, 0.4) is 0 Å². The second-order valence-electron chi connectivity index (χ2n) is 4.89. The molecule has 0 aliphatic heterocycles. The van der Waals surface area contributed by atoms with E-state index in [9.17, 15) is 0 Å². The first kappa shape index (κ1) is 14.9. The molecule has 0 aromatic carbocycles. The highest BCUT2D eigenvalue weighted by Crippen LogP contribution is 2.06. The predicted molar refractivity (Wildman–Crippen MR) is 69.3 cm³/mol. The summed E-state index contributed by atoms with van der Waals surface area (Å²) in [4.78, 5) is 2.49. The minimum absolute atomic E-state index is 0.726. The lowest BCUT2D eigenvalue weighted by atomic mass is 10.1. The van der Waals surface area contributed by atoms with E-state index < -0.39 is 0 Å². The topological polar surface area (TPSA) is 15.3 Å². The van der Waals surface area contributed by atoms with Crippen molar-refractivity contribution in [3.05, 3.63) is 0 Å². The number of rotatable bonds is 9. The summed E-state index contributed by atoms with van der Waals surface area (Å²) in [7, 11) is 2.25. The van der Waals surface area contributed by atoms with Gasteiger partial charge >= 0.3 is 0 Å². The van der Waals surface area contributed by atoms with Gasteiger partial charge in [0.05, 0.1) is 0 Å². The first-order chi connectivity index (χ1) is 7.11. The Morgan fingerprint density at radius 3 is 2.33 bits per heavy atom. The first-order valence-electron chi connectivity index (χ1n) is 6.52. The van der Waals surface area contributed by atoms with E-state index in [0.29, 0.717) is 0 Å². The van der Waals surface area contributed by atoms with Crippen LogP contribution in [0.2, 0.25) is 0 Å². The molecule has 92 valence electrons. The van der Waals surface area contributed by atoms with Crippen LogP contribution in [0.1, 0.15) is 47.0 Å². The van der Waals surface area contributed by atoms with Gasteiger partial charge in [-0.05, 0) is 45.8 Å². The van der Waals surface area contributed by atoms with Gasteiger partial charge in [0.15, 0.2) is 0 Å². The first-order valence-corrected chi connectivity index (χ1v) is 6.52. The molecule has 0 aliphatic rings. The highest BCUT2D eigenvalue weighted by molar-refractivity contribution is 4.67. The average molecular weight is 214 g/mol. The minimum atomic E-state index is 0.726. The number of hydrogen-bond acceptors (Lipinski definition) is 2. The fraction of sp³-hybridized carbons (Fsp3) is 1.00. The van der Waals surface area contributed by atoms with Gasteiger partial charge in [-0.3, -0.25) is 0 Å². The van der Waals surface area contributed by atoms with E-state index >= 15 is 0 Å². The van der Waals surface area contributed by atoms with E-state index in [0.717, 1.165) is 25.0 Å². The number of hydrogen-bond donors (Lipinski definition) is 1. The molecule has 0 fully saturated rings. The molecule has 0 rings (SSSR count). The Balaban J connectivity index is 3.60. The summed E-state index contributed by atoms with van der Waals surface area (Å²) in [6, 6.07) is 0.726. The molecular weight excluding hydrogens is 184 g/mol. The zero-order valence-corrected chi connectivity index (χ0v) is 11.3. The molecule has 0 radical (unpaired) electrons. The lowest BCUT2D eigenvalue weighted by molar-refractivity contribution is 0.212. The lowest BCUT2D eigenvalue weighted by Crippen LogP contribution is -2.36. The van der Waals surface area contributed by atoms with Crippen molar-refractivity contribution < 1.29 is 0 Å². The second kappa shape index (κ2) is 9.17. The Labute approximate surface area is 96.4 Å². The number of nitrogens with one attached hydrogen (secondary N) is 1. The van der Waals surface area contributed by atoms with Crippen molar-refractivity contribution in [2.75, 3.05) is 26.7 Å². The van der Waals surface area contributed by atoms with Gasteiger partial charge in [-0.15, -0.1) is 0 Å². The van der Waals surface area contributed by atoms with Gasteiger partial charge in [0.2, 0.25) is 0 Å². The van der Waals surface area contributed by atoms with Gasteiger partial charge in [-0.2, -0.15) is 0 Å². The highest BCUT2D eigenvalue weighted by Gasteiger charge is 2.11. The summed E-state index contributed by atoms with van der Waals surface area (Å²) in [5.41, 5.74) is 0. The van der Waals surface area contributed by atoms with E-state index in [4.69, 9.17) is 0 Å². The molecule has 0 aliphatic carbocycles. The van der Waals surface area contributed by atoms with Crippen LogP contribution in [0.4, 0.5) is 0 Å². The molecule has 1 N–H and O–H groups in total. The smallest absolute Gasteiger partial charge is 0.00639 e. The van der Waals surface area contributed by atoms with Crippen molar-refractivity contribution in [3.63, 3.8) is 0 Å². The summed E-state index contributed by atoms with van der Waals surface area (Å²) in [5.74, 6) is 0.751. The van der Waals surface area contributed by atoms with Crippen LogP contribution in [-0.2, 0) is 0 Å². The molecule has 15 heavy (non-hydrogen) atoms. The number of nitrogens with zero attached hydrogens (tertiary/aromatic N) is 1. The Bertz CT molecular complexity index is 136. The Kier molecular flexibility index (Phi) is 9.12. The lowest BCUT2D eigenvalue weighted by Gasteiger charge is -2.27. The molecular formula is C13H30N2. The van der Waals surface area contributed by atoms with E-state index in [1.54, 1.807) is 0 Å². The molecule has 0 bridgehead atoms. The van der Waals surface area contributed by atoms with Crippen molar-refractivity contribution in [2.24, 2.45) is 5.92 Å². The third kappa shape index (κ3) is 7.80. The van der Waals surface area contributed by atoms with Crippen LogP contribution >= 0.6 is 0 Å². The zero-order chi connectivity index (χ0) is 11.7. The average Bonchev–Trinajstić information content (AvgIpc) is 2.18. The molecule has 0 saturated heterocycles. The van der Waals surface area contributed by atoms with Gasteiger partial charge in [0.1, 0.15) is 0 Å². The third-order valence-corrected chi connectivity index (χ3v) is 2.98. The molecule has 0 aromatic rings. The summed E-state index contributed by atoms with van der Waals surface area (Å²) in [5, 5.41) is 3.48. The summed E-state index contributed by atoms with van der Waals surface area (Å²) in [6.07, 6.45) is 3.83. The molecule has 0 heterocycles. The van der Waals surface area contributed by atoms with Crippen molar-refractivity contribution >= 4 is 0 Å². The van der Waals surface area contributed by atoms with Crippen molar-refractivity contribution in [2.45, 2.75) is 53.0 Å². The fourth-order valence-corrected chi connectivity index (χ4v) is 1.90. The zero-order valence-electron chi connectivity index (χ0n) is 11.3. The largest absolute Gasteiger partial charge is 0.316 e. The maximum atomic E-state index is 3.48. The molecule has 2 atom stereocenters. The van der Waals surface area contributed by atoms with Gasteiger partial charge in [0, 0.05) is 12.6 Å². The Hall–Kier alpha value is -0.0800. The van der Waals surface area contributed by atoms with Crippen molar-refractivity contribution in [3.8, 4) is 0 Å². The van der Waals surface area contributed by atoms with Crippen LogP contribution in [0.25, 0.3) is 0 Å². The standard InChI is InChI=1S/C13H30N2/c1-6-8-13(4)15(5)11-12(3)10-14-9-7-2/h12-14H,6-11H2,1-5H3. The highest BCUT2D eigenvalue weighted by atomic mass is 15.1. The molecule has 2 unspecified atom stereocenters. The predicted octanol–water partition coefficient (Wildman–Crippen LogP) is 2.74. The van der Waals surface area contributed by atoms with E-state index in [1.165, 1.54) is 25.8 Å². The Morgan fingerprint density at radius 1 is 1.13 bits per heavy atom. The summed E-state index contributed by atoms with van der Waals surface area (Å²) in [6.45, 7) is 12.6. The van der Waals surface area contributed by atoms with Crippen LogP contribution in [0.15, 0.2) is 0 Å².